The number of hydrazine groups is 1. The molecule has 0 atom stereocenters. The van der Waals surface area contributed by atoms with Crippen molar-refractivity contribution in [1.29, 1.82) is 0 Å². The predicted octanol–water partition coefficient (Wildman–Crippen LogP) is 1.39. The molecule has 0 unspecified atom stereocenters. The van der Waals surface area contributed by atoms with E-state index < -0.39 is 0 Å². The zero-order valence-electron chi connectivity index (χ0n) is 10.7. The Morgan fingerprint density at radius 2 is 2.15 bits per heavy atom. The van der Waals surface area contributed by atoms with Crippen molar-refractivity contribution in [2.24, 2.45) is 16.8 Å². The van der Waals surface area contributed by atoms with Gasteiger partial charge in [0.05, 0.1) is 18.5 Å². The lowest BCUT2D eigenvalue weighted by molar-refractivity contribution is 0.397. The zero-order chi connectivity index (χ0) is 14.5. The minimum atomic E-state index is 0.442. The van der Waals surface area contributed by atoms with Crippen molar-refractivity contribution in [3.05, 3.63) is 35.6 Å². The summed E-state index contributed by atoms with van der Waals surface area (Å²) >= 11 is 6.03. The van der Waals surface area contributed by atoms with E-state index in [-0.39, 0.29) is 0 Å². The fraction of sp³-hybridized carbons (Fsp3) is 0.0833. The molecule has 0 saturated heterocycles. The van der Waals surface area contributed by atoms with Gasteiger partial charge in [-0.1, -0.05) is 11.6 Å². The summed E-state index contributed by atoms with van der Waals surface area (Å²) < 4.78 is 5.08. The summed E-state index contributed by atoms with van der Waals surface area (Å²) in [4.78, 5) is 8.15. The Kier molecular flexibility index (Phi) is 4.34. The van der Waals surface area contributed by atoms with Gasteiger partial charge in [0.15, 0.2) is 0 Å². The van der Waals surface area contributed by atoms with E-state index in [4.69, 9.17) is 28.0 Å². The van der Waals surface area contributed by atoms with Crippen LogP contribution in [0.3, 0.4) is 0 Å². The van der Waals surface area contributed by atoms with E-state index in [2.05, 4.69) is 15.1 Å². The van der Waals surface area contributed by atoms with Gasteiger partial charge in [-0.05, 0) is 18.2 Å². The molecule has 20 heavy (non-hydrogen) atoms. The van der Waals surface area contributed by atoms with Crippen LogP contribution in [-0.4, -0.2) is 23.4 Å². The number of nitrogens with two attached hydrogens (primary N) is 2. The standard InChI is InChI=1S/C12H13ClN6O/c1-20-12-5-10(16-6-17-12)9-4-8(13)2-3-11(9)19(15)7-18-14/h2-7H,14-15H2,1H3/b18-7-. The number of hydrogen-bond acceptors (Lipinski definition) is 6. The Bertz CT molecular complexity index is 633. The van der Waals surface area contributed by atoms with Gasteiger partial charge in [0, 0.05) is 16.7 Å². The maximum absolute atomic E-state index is 6.03. The smallest absolute Gasteiger partial charge is 0.216 e. The number of methoxy groups -OCH3 is 1. The van der Waals surface area contributed by atoms with E-state index >= 15 is 0 Å². The Hall–Kier alpha value is -2.38. The molecule has 104 valence electrons. The van der Waals surface area contributed by atoms with Crippen molar-refractivity contribution in [3.8, 4) is 17.1 Å². The van der Waals surface area contributed by atoms with Crippen LogP contribution >= 0.6 is 11.6 Å². The molecule has 0 amide bonds. The highest BCUT2D eigenvalue weighted by Gasteiger charge is 2.12. The van der Waals surface area contributed by atoms with Crippen molar-refractivity contribution in [2.75, 3.05) is 12.1 Å². The lowest BCUT2D eigenvalue weighted by atomic mass is 10.1. The lowest BCUT2D eigenvalue weighted by Crippen LogP contribution is -2.30. The van der Waals surface area contributed by atoms with Crippen molar-refractivity contribution < 1.29 is 4.74 Å². The SMILES string of the molecule is COc1cc(-c2cc(Cl)ccc2N(N)/C=N\N)ncn1. The van der Waals surface area contributed by atoms with E-state index in [1.807, 2.05) is 0 Å². The van der Waals surface area contributed by atoms with Crippen LogP contribution < -0.4 is 21.4 Å². The first-order valence-corrected chi connectivity index (χ1v) is 5.96. The highest BCUT2D eigenvalue weighted by molar-refractivity contribution is 6.31. The Balaban J connectivity index is 2.56. The fourth-order valence-corrected chi connectivity index (χ4v) is 1.84. The molecule has 7 nitrogen and oxygen atoms in total. The summed E-state index contributed by atoms with van der Waals surface area (Å²) in [5.41, 5.74) is 1.97. The van der Waals surface area contributed by atoms with Crippen LogP contribution in [0.1, 0.15) is 0 Å². The van der Waals surface area contributed by atoms with Crippen molar-refractivity contribution in [2.45, 2.75) is 0 Å². The van der Waals surface area contributed by atoms with Crippen LogP contribution in [0.2, 0.25) is 5.02 Å². The van der Waals surface area contributed by atoms with Gasteiger partial charge >= 0.3 is 0 Å². The summed E-state index contributed by atoms with van der Waals surface area (Å²) in [5, 5.41) is 5.22. The Morgan fingerprint density at radius 3 is 2.85 bits per heavy atom. The minimum absolute atomic E-state index is 0.442. The van der Waals surface area contributed by atoms with Gasteiger partial charge in [-0.2, -0.15) is 5.10 Å². The average molecular weight is 293 g/mol. The third-order valence-electron chi connectivity index (χ3n) is 2.55. The van der Waals surface area contributed by atoms with E-state index in [1.54, 1.807) is 24.3 Å². The molecule has 0 aliphatic rings. The van der Waals surface area contributed by atoms with E-state index in [0.717, 1.165) is 0 Å². The fourth-order valence-electron chi connectivity index (χ4n) is 1.67. The molecule has 1 heterocycles. The third kappa shape index (κ3) is 2.95. The number of rotatable bonds is 4. The molecule has 2 rings (SSSR count). The summed E-state index contributed by atoms with van der Waals surface area (Å²) in [7, 11) is 1.53. The minimum Gasteiger partial charge on any atom is -0.481 e. The molecule has 0 radical (unpaired) electrons. The van der Waals surface area contributed by atoms with E-state index in [9.17, 15) is 0 Å². The van der Waals surface area contributed by atoms with Gasteiger partial charge < -0.3 is 10.6 Å². The zero-order valence-corrected chi connectivity index (χ0v) is 11.4. The quantitative estimate of drug-likeness (QED) is 0.382. The molecule has 2 aromatic rings. The van der Waals surface area contributed by atoms with Gasteiger partial charge in [0.25, 0.3) is 0 Å². The van der Waals surface area contributed by atoms with Crippen molar-refractivity contribution >= 4 is 23.6 Å². The molecule has 0 aliphatic carbocycles. The first-order chi connectivity index (χ1) is 9.65. The van der Waals surface area contributed by atoms with Gasteiger partial charge in [0.2, 0.25) is 5.88 Å². The van der Waals surface area contributed by atoms with Crippen LogP contribution in [0, 0.1) is 0 Å². The molecule has 0 aliphatic heterocycles. The molecule has 4 N–H and O–H groups in total. The monoisotopic (exact) mass is 292 g/mol. The average Bonchev–Trinajstić information content (AvgIpc) is 2.47. The van der Waals surface area contributed by atoms with Gasteiger partial charge in [-0.15, -0.1) is 0 Å². The summed E-state index contributed by atoms with van der Waals surface area (Å²) in [5.74, 6) is 11.4. The second-order valence-corrected chi connectivity index (χ2v) is 4.22. The maximum atomic E-state index is 6.03. The molecule has 1 aromatic heterocycles. The second kappa shape index (κ2) is 6.18. The van der Waals surface area contributed by atoms with Crippen LogP contribution in [0.15, 0.2) is 35.7 Å². The van der Waals surface area contributed by atoms with E-state index in [1.165, 1.54) is 24.8 Å². The molecule has 0 fully saturated rings. The first-order valence-electron chi connectivity index (χ1n) is 5.59. The normalized spacial score (nSPS) is 10.8. The van der Waals surface area contributed by atoms with Crippen LogP contribution in [0.25, 0.3) is 11.3 Å². The first kappa shape index (κ1) is 14.0. The second-order valence-electron chi connectivity index (χ2n) is 3.78. The Labute approximate surface area is 120 Å². The van der Waals surface area contributed by atoms with Crippen molar-refractivity contribution in [3.63, 3.8) is 0 Å². The molecule has 0 saturated carbocycles. The van der Waals surface area contributed by atoms with Crippen LogP contribution in [-0.2, 0) is 0 Å². The highest BCUT2D eigenvalue weighted by Crippen LogP contribution is 2.31. The predicted molar refractivity (Wildman–Crippen MR) is 78.4 cm³/mol. The van der Waals surface area contributed by atoms with E-state index in [0.29, 0.717) is 27.8 Å². The summed E-state index contributed by atoms with van der Waals surface area (Å²) in [6, 6.07) is 6.88. The topological polar surface area (TPSA) is 103 Å². The molecular weight excluding hydrogens is 280 g/mol. The molecule has 0 bridgehead atoms. The number of hydrazone groups is 1. The van der Waals surface area contributed by atoms with Gasteiger partial charge in [0.1, 0.15) is 12.7 Å². The number of nitrogens with zero attached hydrogens (tertiary/aromatic N) is 4. The number of benzene rings is 1. The van der Waals surface area contributed by atoms with Crippen molar-refractivity contribution in [1.82, 2.24) is 9.97 Å². The van der Waals surface area contributed by atoms with Gasteiger partial charge in [-0.25, -0.2) is 15.8 Å². The maximum Gasteiger partial charge on any atom is 0.216 e. The molecular formula is C12H13ClN6O. The third-order valence-corrected chi connectivity index (χ3v) is 2.79. The number of halogens is 1. The number of ether oxygens (including phenoxy) is 1. The molecule has 8 heteroatoms. The largest absolute Gasteiger partial charge is 0.481 e. The van der Waals surface area contributed by atoms with Crippen LogP contribution in [0.4, 0.5) is 5.69 Å². The lowest BCUT2D eigenvalue weighted by Gasteiger charge is -2.17. The highest BCUT2D eigenvalue weighted by atomic mass is 35.5. The number of hydrogen-bond donors (Lipinski definition) is 2. The summed E-state index contributed by atoms with van der Waals surface area (Å²) in [6.07, 6.45) is 2.68. The molecule has 0 spiro atoms. The number of aromatic nitrogens is 2. The van der Waals surface area contributed by atoms with Crippen LogP contribution in [0.5, 0.6) is 5.88 Å². The number of anilines is 1. The summed E-state index contributed by atoms with van der Waals surface area (Å²) in [6.45, 7) is 0. The van der Waals surface area contributed by atoms with Gasteiger partial charge in [-0.3, -0.25) is 5.01 Å². The Morgan fingerprint density at radius 1 is 1.35 bits per heavy atom. The molecule has 1 aromatic carbocycles.